The van der Waals surface area contributed by atoms with Gasteiger partial charge in [-0.2, -0.15) is 0 Å². The number of amides is 2. The monoisotopic (exact) mass is 357 g/mol. The van der Waals surface area contributed by atoms with Crippen molar-refractivity contribution in [3.63, 3.8) is 0 Å². The molecule has 2 rings (SSSR count). The van der Waals surface area contributed by atoms with E-state index in [0.717, 1.165) is 16.9 Å². The van der Waals surface area contributed by atoms with Gasteiger partial charge in [-0.1, -0.05) is 24.3 Å². The van der Waals surface area contributed by atoms with Crippen LogP contribution in [0.4, 0.5) is 4.79 Å². The molecular formula is C20H27N3O3. The van der Waals surface area contributed by atoms with E-state index < -0.39 is 0 Å². The quantitative estimate of drug-likeness (QED) is 0.819. The standard InChI is InChI=1S/C20H27N3O3/c1-14(2)26-19-11-10-16(12-21-19)13-22-20(24)23(4)15(3)17-8-6-7-9-18(17)25-5/h6-12,14-15H,13H2,1-5H3,(H,22,24). The molecular weight excluding hydrogens is 330 g/mol. The summed E-state index contributed by atoms with van der Waals surface area (Å²) < 4.78 is 10.9. The van der Waals surface area contributed by atoms with Crippen LogP contribution in [-0.2, 0) is 6.54 Å². The van der Waals surface area contributed by atoms with E-state index in [1.54, 1.807) is 25.3 Å². The molecule has 140 valence electrons. The van der Waals surface area contributed by atoms with Gasteiger partial charge in [0.2, 0.25) is 5.88 Å². The van der Waals surface area contributed by atoms with Crippen molar-refractivity contribution in [2.75, 3.05) is 14.2 Å². The summed E-state index contributed by atoms with van der Waals surface area (Å²) in [6.07, 6.45) is 1.79. The van der Waals surface area contributed by atoms with Crippen LogP contribution in [0.1, 0.15) is 37.9 Å². The number of nitrogens with one attached hydrogen (secondary N) is 1. The molecule has 0 fully saturated rings. The van der Waals surface area contributed by atoms with Crippen LogP contribution in [-0.4, -0.2) is 36.2 Å². The van der Waals surface area contributed by atoms with Gasteiger partial charge in [-0.15, -0.1) is 0 Å². The number of nitrogens with zero attached hydrogens (tertiary/aromatic N) is 2. The Morgan fingerprint density at radius 2 is 1.92 bits per heavy atom. The Morgan fingerprint density at radius 1 is 1.19 bits per heavy atom. The van der Waals surface area contributed by atoms with E-state index in [-0.39, 0.29) is 18.2 Å². The van der Waals surface area contributed by atoms with Gasteiger partial charge in [-0.25, -0.2) is 9.78 Å². The number of aromatic nitrogens is 1. The van der Waals surface area contributed by atoms with Crippen molar-refractivity contribution < 1.29 is 14.3 Å². The second-order valence-electron chi connectivity index (χ2n) is 6.36. The van der Waals surface area contributed by atoms with Gasteiger partial charge in [0.05, 0.1) is 19.3 Å². The fourth-order valence-corrected chi connectivity index (χ4v) is 2.53. The number of ether oxygens (including phenoxy) is 2. The van der Waals surface area contributed by atoms with Gasteiger partial charge in [0.15, 0.2) is 0 Å². The number of urea groups is 1. The number of pyridine rings is 1. The topological polar surface area (TPSA) is 63.7 Å². The summed E-state index contributed by atoms with van der Waals surface area (Å²) in [5.74, 6) is 1.35. The second kappa shape index (κ2) is 9.08. The summed E-state index contributed by atoms with van der Waals surface area (Å²) in [6.45, 7) is 6.27. The van der Waals surface area contributed by atoms with Gasteiger partial charge in [-0.3, -0.25) is 0 Å². The van der Waals surface area contributed by atoms with Crippen LogP contribution in [0, 0.1) is 0 Å². The van der Waals surface area contributed by atoms with Crippen LogP contribution in [0.2, 0.25) is 0 Å². The number of hydrogen-bond donors (Lipinski definition) is 1. The number of carbonyl (C=O) groups is 1. The molecule has 0 aliphatic rings. The number of carbonyl (C=O) groups excluding carboxylic acids is 1. The molecule has 0 aliphatic heterocycles. The van der Waals surface area contributed by atoms with Crippen molar-refractivity contribution in [3.8, 4) is 11.6 Å². The molecule has 1 atom stereocenters. The number of hydrogen-bond acceptors (Lipinski definition) is 4. The summed E-state index contributed by atoms with van der Waals surface area (Å²) in [5.41, 5.74) is 1.87. The van der Waals surface area contributed by atoms with E-state index in [2.05, 4.69) is 10.3 Å². The average molecular weight is 357 g/mol. The van der Waals surface area contributed by atoms with E-state index in [0.29, 0.717) is 12.4 Å². The molecule has 0 aliphatic carbocycles. The summed E-state index contributed by atoms with van der Waals surface area (Å²) in [4.78, 5) is 18.4. The maximum absolute atomic E-state index is 12.5. The van der Waals surface area contributed by atoms with Crippen molar-refractivity contribution in [1.82, 2.24) is 15.2 Å². The Balaban J connectivity index is 1.94. The SMILES string of the molecule is COc1ccccc1C(C)N(C)C(=O)NCc1ccc(OC(C)C)nc1. The molecule has 6 heteroatoms. The Hall–Kier alpha value is -2.76. The zero-order chi connectivity index (χ0) is 19.1. The minimum Gasteiger partial charge on any atom is -0.496 e. The molecule has 2 amide bonds. The fraction of sp³-hybridized carbons (Fsp3) is 0.400. The van der Waals surface area contributed by atoms with Crippen molar-refractivity contribution in [1.29, 1.82) is 0 Å². The van der Waals surface area contributed by atoms with Crippen molar-refractivity contribution in [2.24, 2.45) is 0 Å². The molecule has 1 unspecified atom stereocenters. The molecule has 1 N–H and O–H groups in total. The minimum absolute atomic E-state index is 0.0816. The largest absolute Gasteiger partial charge is 0.496 e. The third-order valence-corrected chi connectivity index (χ3v) is 4.09. The third kappa shape index (κ3) is 5.12. The summed E-state index contributed by atoms with van der Waals surface area (Å²) in [5, 5.41) is 2.91. The first-order chi connectivity index (χ1) is 12.4. The van der Waals surface area contributed by atoms with Gasteiger partial charge in [0.25, 0.3) is 0 Å². The van der Waals surface area contributed by atoms with Crippen LogP contribution >= 0.6 is 0 Å². The Morgan fingerprint density at radius 3 is 2.54 bits per heavy atom. The van der Waals surface area contributed by atoms with E-state index >= 15 is 0 Å². The first kappa shape index (κ1) is 19.6. The van der Waals surface area contributed by atoms with Crippen LogP contribution in [0.5, 0.6) is 11.6 Å². The van der Waals surface area contributed by atoms with Gasteiger partial charge < -0.3 is 19.7 Å². The third-order valence-electron chi connectivity index (χ3n) is 4.09. The number of methoxy groups -OCH3 is 1. The molecule has 26 heavy (non-hydrogen) atoms. The van der Waals surface area contributed by atoms with Gasteiger partial charge in [0, 0.05) is 31.4 Å². The molecule has 1 aromatic heterocycles. The number of para-hydroxylation sites is 1. The fourth-order valence-electron chi connectivity index (χ4n) is 2.53. The second-order valence-corrected chi connectivity index (χ2v) is 6.36. The highest BCUT2D eigenvalue weighted by molar-refractivity contribution is 5.74. The van der Waals surface area contributed by atoms with Gasteiger partial charge in [-0.05, 0) is 32.4 Å². The predicted octanol–water partition coefficient (Wildman–Crippen LogP) is 3.78. The Kier molecular flexibility index (Phi) is 6.83. The molecule has 0 saturated heterocycles. The smallest absolute Gasteiger partial charge is 0.317 e. The molecule has 1 heterocycles. The number of rotatable bonds is 7. The van der Waals surface area contributed by atoms with Crippen LogP contribution in [0.3, 0.4) is 0 Å². The van der Waals surface area contributed by atoms with Crippen molar-refractivity contribution >= 4 is 6.03 Å². The lowest BCUT2D eigenvalue weighted by atomic mass is 10.1. The normalized spacial score (nSPS) is 11.8. The molecule has 0 bridgehead atoms. The zero-order valence-electron chi connectivity index (χ0n) is 16.0. The molecule has 0 spiro atoms. The van der Waals surface area contributed by atoms with Gasteiger partial charge in [0.1, 0.15) is 5.75 Å². The lowest BCUT2D eigenvalue weighted by molar-refractivity contribution is 0.193. The lowest BCUT2D eigenvalue weighted by Gasteiger charge is -2.26. The highest BCUT2D eigenvalue weighted by atomic mass is 16.5. The molecule has 0 radical (unpaired) electrons. The van der Waals surface area contributed by atoms with Crippen LogP contribution in [0.15, 0.2) is 42.6 Å². The van der Waals surface area contributed by atoms with Crippen LogP contribution in [0.25, 0.3) is 0 Å². The van der Waals surface area contributed by atoms with Crippen LogP contribution < -0.4 is 14.8 Å². The van der Waals surface area contributed by atoms with E-state index in [1.807, 2.05) is 57.2 Å². The van der Waals surface area contributed by atoms with Gasteiger partial charge >= 0.3 is 6.03 Å². The van der Waals surface area contributed by atoms with E-state index in [9.17, 15) is 4.79 Å². The summed E-state index contributed by atoms with van der Waals surface area (Å²) in [6, 6.07) is 11.1. The first-order valence-corrected chi connectivity index (χ1v) is 8.67. The maximum Gasteiger partial charge on any atom is 0.317 e. The molecule has 2 aromatic rings. The highest BCUT2D eigenvalue weighted by Crippen LogP contribution is 2.28. The Bertz CT molecular complexity index is 716. The minimum atomic E-state index is -0.161. The first-order valence-electron chi connectivity index (χ1n) is 8.67. The Labute approximate surface area is 155 Å². The maximum atomic E-state index is 12.5. The highest BCUT2D eigenvalue weighted by Gasteiger charge is 2.20. The predicted molar refractivity (Wildman–Crippen MR) is 101 cm³/mol. The average Bonchev–Trinajstić information content (AvgIpc) is 2.65. The summed E-state index contributed by atoms with van der Waals surface area (Å²) >= 11 is 0. The lowest BCUT2D eigenvalue weighted by Crippen LogP contribution is -2.38. The number of benzene rings is 1. The van der Waals surface area contributed by atoms with Crippen molar-refractivity contribution in [3.05, 3.63) is 53.7 Å². The van der Waals surface area contributed by atoms with E-state index in [1.165, 1.54) is 0 Å². The molecule has 6 nitrogen and oxygen atoms in total. The summed E-state index contributed by atoms with van der Waals surface area (Å²) in [7, 11) is 3.40. The molecule has 1 aromatic carbocycles. The molecule has 0 saturated carbocycles. The zero-order valence-corrected chi connectivity index (χ0v) is 16.0. The van der Waals surface area contributed by atoms with Crippen molar-refractivity contribution in [2.45, 2.75) is 39.5 Å². The van der Waals surface area contributed by atoms with E-state index in [4.69, 9.17) is 9.47 Å².